The van der Waals surface area contributed by atoms with Gasteiger partial charge in [0.1, 0.15) is 22.9 Å². The number of pyridine rings is 1. The Bertz CT molecular complexity index is 923. The number of hydrogen-bond acceptors (Lipinski definition) is 5. The zero-order chi connectivity index (χ0) is 19.2. The average molecular weight is 384 g/mol. The Morgan fingerprint density at radius 3 is 2.26 bits per heavy atom. The van der Waals surface area contributed by atoms with Crippen LogP contribution in [-0.4, -0.2) is 25.1 Å². The first-order chi connectivity index (χ1) is 13.1. The van der Waals surface area contributed by atoms with E-state index < -0.39 is 0 Å². The number of benzene rings is 2. The molecule has 6 nitrogen and oxygen atoms in total. The van der Waals surface area contributed by atoms with Crippen LogP contribution in [0, 0.1) is 0 Å². The summed E-state index contributed by atoms with van der Waals surface area (Å²) in [5, 5.41) is 6.52. The fourth-order valence-electron chi connectivity index (χ4n) is 2.51. The Labute approximate surface area is 162 Å². The molecule has 138 valence electrons. The number of rotatable bonds is 6. The molecular weight excluding hydrogens is 366 g/mol. The molecule has 0 fully saturated rings. The molecule has 7 heteroatoms. The lowest BCUT2D eigenvalue weighted by atomic mass is 10.1. The summed E-state index contributed by atoms with van der Waals surface area (Å²) in [4.78, 5) is 17.0. The highest BCUT2D eigenvalue weighted by Crippen LogP contribution is 2.29. The number of carbonyl (C=O) groups is 1. The van der Waals surface area contributed by atoms with E-state index in [1.54, 1.807) is 42.6 Å². The van der Waals surface area contributed by atoms with Gasteiger partial charge in [-0.05, 0) is 36.4 Å². The molecule has 0 aliphatic rings. The SMILES string of the molecule is COc1cccc(OC)c1C(=O)Nc1ccc(Nc2ccccc2Cl)nc1. The molecule has 0 radical (unpaired) electrons. The maximum Gasteiger partial charge on any atom is 0.263 e. The van der Waals surface area contributed by atoms with Crippen molar-refractivity contribution >= 4 is 34.7 Å². The summed E-state index contributed by atoms with van der Waals surface area (Å²) in [5.74, 6) is 1.11. The van der Waals surface area contributed by atoms with Crippen LogP contribution in [0.3, 0.4) is 0 Å². The third kappa shape index (κ3) is 4.30. The molecule has 27 heavy (non-hydrogen) atoms. The van der Waals surface area contributed by atoms with Crippen LogP contribution in [0.25, 0.3) is 0 Å². The van der Waals surface area contributed by atoms with E-state index in [4.69, 9.17) is 21.1 Å². The van der Waals surface area contributed by atoms with Crippen LogP contribution >= 0.6 is 11.6 Å². The van der Waals surface area contributed by atoms with Gasteiger partial charge in [-0.2, -0.15) is 0 Å². The van der Waals surface area contributed by atoms with E-state index in [9.17, 15) is 4.79 Å². The second-order valence-electron chi connectivity index (χ2n) is 5.53. The fourth-order valence-corrected chi connectivity index (χ4v) is 2.69. The van der Waals surface area contributed by atoms with Crippen molar-refractivity contribution in [3.8, 4) is 11.5 Å². The Morgan fingerprint density at radius 2 is 1.67 bits per heavy atom. The molecular formula is C20H18ClN3O3. The number of amides is 1. The molecule has 0 aliphatic heterocycles. The number of methoxy groups -OCH3 is 2. The van der Waals surface area contributed by atoms with E-state index in [-0.39, 0.29) is 5.91 Å². The molecule has 0 aliphatic carbocycles. The number of anilines is 3. The molecule has 1 amide bonds. The summed E-state index contributed by atoms with van der Waals surface area (Å²) < 4.78 is 10.5. The lowest BCUT2D eigenvalue weighted by molar-refractivity contribution is 0.102. The number of nitrogens with one attached hydrogen (secondary N) is 2. The van der Waals surface area contributed by atoms with Crippen LogP contribution in [0.5, 0.6) is 11.5 Å². The number of hydrogen-bond donors (Lipinski definition) is 2. The van der Waals surface area contributed by atoms with Crippen LogP contribution < -0.4 is 20.1 Å². The van der Waals surface area contributed by atoms with Crippen LogP contribution in [0.4, 0.5) is 17.2 Å². The molecule has 0 spiro atoms. The molecule has 0 unspecified atom stereocenters. The van der Waals surface area contributed by atoms with Crippen molar-refractivity contribution in [2.24, 2.45) is 0 Å². The van der Waals surface area contributed by atoms with Crippen molar-refractivity contribution in [2.45, 2.75) is 0 Å². The van der Waals surface area contributed by atoms with Gasteiger partial charge in [-0.15, -0.1) is 0 Å². The van der Waals surface area contributed by atoms with Crippen molar-refractivity contribution < 1.29 is 14.3 Å². The topological polar surface area (TPSA) is 72.5 Å². The summed E-state index contributed by atoms with van der Waals surface area (Å²) in [5.41, 5.74) is 1.61. The van der Waals surface area contributed by atoms with Gasteiger partial charge in [0.2, 0.25) is 0 Å². The fraction of sp³-hybridized carbons (Fsp3) is 0.100. The number of para-hydroxylation sites is 1. The predicted octanol–water partition coefficient (Wildman–Crippen LogP) is 4.75. The highest BCUT2D eigenvalue weighted by Gasteiger charge is 2.18. The van der Waals surface area contributed by atoms with Crippen LogP contribution in [0.15, 0.2) is 60.8 Å². The molecule has 1 aromatic heterocycles. The molecule has 3 rings (SSSR count). The van der Waals surface area contributed by atoms with Gasteiger partial charge >= 0.3 is 0 Å². The molecule has 1 heterocycles. The van der Waals surface area contributed by atoms with E-state index in [0.29, 0.717) is 33.6 Å². The van der Waals surface area contributed by atoms with Gasteiger partial charge in [-0.3, -0.25) is 4.79 Å². The zero-order valence-corrected chi connectivity index (χ0v) is 15.6. The number of nitrogens with zero attached hydrogens (tertiary/aromatic N) is 1. The van der Waals surface area contributed by atoms with Crippen molar-refractivity contribution in [3.05, 3.63) is 71.4 Å². The maximum absolute atomic E-state index is 12.7. The van der Waals surface area contributed by atoms with E-state index in [1.165, 1.54) is 14.2 Å². The van der Waals surface area contributed by atoms with Gasteiger partial charge in [-0.25, -0.2) is 4.98 Å². The Hall–Kier alpha value is -3.25. The highest BCUT2D eigenvalue weighted by atomic mass is 35.5. The first kappa shape index (κ1) is 18.5. The molecule has 2 N–H and O–H groups in total. The minimum Gasteiger partial charge on any atom is -0.496 e. The lowest BCUT2D eigenvalue weighted by Gasteiger charge is -2.13. The van der Waals surface area contributed by atoms with Crippen molar-refractivity contribution in [1.82, 2.24) is 4.98 Å². The second-order valence-corrected chi connectivity index (χ2v) is 5.94. The highest BCUT2D eigenvalue weighted by molar-refractivity contribution is 6.33. The standard InChI is InChI=1S/C20H18ClN3O3/c1-26-16-8-5-9-17(27-2)19(16)20(25)23-13-10-11-18(22-12-13)24-15-7-4-3-6-14(15)21/h3-12H,1-2H3,(H,22,24)(H,23,25). The van der Waals surface area contributed by atoms with Crippen molar-refractivity contribution in [2.75, 3.05) is 24.9 Å². The smallest absolute Gasteiger partial charge is 0.263 e. The number of halogens is 1. The van der Waals surface area contributed by atoms with Gasteiger partial charge in [0, 0.05) is 0 Å². The number of carbonyl (C=O) groups excluding carboxylic acids is 1. The largest absolute Gasteiger partial charge is 0.496 e. The average Bonchev–Trinajstić information content (AvgIpc) is 2.70. The normalized spacial score (nSPS) is 10.2. The number of ether oxygens (including phenoxy) is 2. The predicted molar refractivity (Wildman–Crippen MR) is 106 cm³/mol. The van der Waals surface area contributed by atoms with E-state index in [1.807, 2.05) is 18.2 Å². The van der Waals surface area contributed by atoms with Crippen LogP contribution in [0.2, 0.25) is 5.02 Å². The third-order valence-corrected chi connectivity index (χ3v) is 4.14. The summed E-state index contributed by atoms with van der Waals surface area (Å²) in [6, 6.07) is 16.0. The van der Waals surface area contributed by atoms with Gasteiger partial charge < -0.3 is 20.1 Å². The van der Waals surface area contributed by atoms with Crippen molar-refractivity contribution in [3.63, 3.8) is 0 Å². The van der Waals surface area contributed by atoms with Gasteiger partial charge in [0.25, 0.3) is 5.91 Å². The van der Waals surface area contributed by atoms with Gasteiger partial charge in [0.15, 0.2) is 0 Å². The summed E-state index contributed by atoms with van der Waals surface area (Å²) in [6.45, 7) is 0. The molecule has 0 atom stereocenters. The minimum absolute atomic E-state index is 0.320. The van der Waals surface area contributed by atoms with Crippen LogP contribution in [-0.2, 0) is 0 Å². The minimum atomic E-state index is -0.349. The van der Waals surface area contributed by atoms with Crippen molar-refractivity contribution in [1.29, 1.82) is 0 Å². The number of aromatic nitrogens is 1. The third-order valence-electron chi connectivity index (χ3n) is 3.81. The monoisotopic (exact) mass is 383 g/mol. The Balaban J connectivity index is 1.75. The first-order valence-corrected chi connectivity index (χ1v) is 8.50. The van der Waals surface area contributed by atoms with E-state index in [0.717, 1.165) is 5.69 Å². The van der Waals surface area contributed by atoms with Gasteiger partial charge in [-0.1, -0.05) is 29.8 Å². The zero-order valence-electron chi connectivity index (χ0n) is 14.8. The summed E-state index contributed by atoms with van der Waals surface area (Å²) in [7, 11) is 3.00. The molecule has 0 saturated heterocycles. The van der Waals surface area contributed by atoms with E-state index >= 15 is 0 Å². The van der Waals surface area contributed by atoms with Gasteiger partial charge in [0.05, 0.1) is 36.8 Å². The molecule has 3 aromatic rings. The Kier molecular flexibility index (Phi) is 5.78. The summed E-state index contributed by atoms with van der Waals surface area (Å²) >= 11 is 6.13. The maximum atomic E-state index is 12.7. The van der Waals surface area contributed by atoms with E-state index in [2.05, 4.69) is 15.6 Å². The summed E-state index contributed by atoms with van der Waals surface area (Å²) in [6.07, 6.45) is 1.55. The first-order valence-electron chi connectivity index (χ1n) is 8.12. The quantitative estimate of drug-likeness (QED) is 0.642. The molecule has 2 aromatic carbocycles. The second kappa shape index (κ2) is 8.42. The van der Waals surface area contributed by atoms with Crippen LogP contribution in [0.1, 0.15) is 10.4 Å². The molecule has 0 saturated carbocycles. The Morgan fingerprint density at radius 1 is 0.963 bits per heavy atom. The molecule has 0 bridgehead atoms. The lowest BCUT2D eigenvalue weighted by Crippen LogP contribution is -2.14.